The van der Waals surface area contributed by atoms with Gasteiger partial charge in [0.05, 0.1) is 0 Å². The Morgan fingerprint density at radius 1 is 1.33 bits per heavy atom. The third-order valence-corrected chi connectivity index (χ3v) is 0.250. The summed E-state index contributed by atoms with van der Waals surface area (Å²) in [5.41, 5.74) is 0. The van der Waals surface area contributed by atoms with Gasteiger partial charge in [0.1, 0.15) is 2.74 Å². The minimum absolute atomic E-state index is 1.43. The largest absolute Gasteiger partial charge is 0.124 e. The lowest BCUT2D eigenvalue weighted by Crippen LogP contribution is -1.41. The van der Waals surface area contributed by atoms with Crippen LogP contribution in [0.5, 0.6) is 0 Å². The Morgan fingerprint density at radius 3 is 2.17 bits per heavy atom. The SMILES string of the molecule is [2H]C#C/C=C\C#C[2H]. The molecule has 0 rings (SSSR count). The van der Waals surface area contributed by atoms with Gasteiger partial charge in [-0.25, -0.2) is 0 Å². The molecule has 0 bridgehead atoms. The monoisotopic (exact) mass is 78.0 g/mol. The molecule has 0 unspecified atom stereocenters. The summed E-state index contributed by atoms with van der Waals surface area (Å²) in [5.74, 6) is 4.67. The molecule has 0 aromatic carbocycles. The molecule has 28 valence electrons. The standard InChI is InChI=1S/C6H4/c1-3-5-6-4-2/h1-2,5-6H/b6-5-/i1D,2D. The fourth-order valence-corrected chi connectivity index (χ4v) is 0.0833. The summed E-state index contributed by atoms with van der Waals surface area (Å²) >= 11 is 0. The molecule has 0 saturated heterocycles. The van der Waals surface area contributed by atoms with Crippen LogP contribution in [0, 0.1) is 24.6 Å². The molecule has 0 nitrogen and oxygen atoms in total. The normalized spacial score (nSPS) is 9.33. The van der Waals surface area contributed by atoms with Crippen LogP contribution in [0.25, 0.3) is 0 Å². The molecule has 0 atom stereocenters. The highest BCUT2D eigenvalue weighted by atomic mass is 13.5. The van der Waals surface area contributed by atoms with E-state index in [-0.39, 0.29) is 0 Å². The molecule has 0 aliphatic heterocycles. The fourth-order valence-electron chi connectivity index (χ4n) is 0.0833. The molecule has 0 heterocycles. The first-order valence-electron chi connectivity index (χ1n) is 2.41. The number of terminal acetylenes is 2. The lowest BCUT2D eigenvalue weighted by atomic mass is 10.5. The predicted molar refractivity (Wildman–Crippen MR) is 26.8 cm³/mol. The first-order chi connectivity index (χ1) is 3.91. The van der Waals surface area contributed by atoms with E-state index in [1.807, 2.05) is 12.8 Å². The van der Waals surface area contributed by atoms with Crippen molar-refractivity contribution in [2.24, 2.45) is 0 Å². The molecule has 0 aromatic rings. The Labute approximate surface area is 40.7 Å². The Balaban J connectivity index is 3.56. The zero-order chi connectivity index (χ0) is 6.24. The molecule has 0 aliphatic rings. The van der Waals surface area contributed by atoms with Crippen LogP contribution < -0.4 is 0 Å². The second-order valence-corrected chi connectivity index (χ2v) is 0.622. The van der Waals surface area contributed by atoms with Crippen LogP contribution in [0.2, 0.25) is 0 Å². The van der Waals surface area contributed by atoms with Crippen LogP contribution in [-0.4, -0.2) is 0 Å². The van der Waals surface area contributed by atoms with Gasteiger partial charge in [-0.2, -0.15) is 0 Å². The molecular weight excluding hydrogens is 72.1 g/mol. The number of allylic oxidation sites excluding steroid dienone is 2. The Bertz CT molecular complexity index is 160. The maximum Gasteiger partial charge on any atom is 0.124 e. The zero-order valence-electron chi connectivity index (χ0n) is 5.15. The highest BCUT2D eigenvalue weighted by Gasteiger charge is 1.46. The molecule has 0 aromatic heterocycles. The van der Waals surface area contributed by atoms with E-state index in [1.54, 1.807) is 0 Å². The van der Waals surface area contributed by atoms with Crippen molar-refractivity contribution < 1.29 is 2.74 Å². The summed E-state index contributed by atoms with van der Waals surface area (Å²) in [4.78, 5) is 0. The fraction of sp³-hybridized carbons (Fsp3) is 0. The van der Waals surface area contributed by atoms with Crippen LogP contribution in [0.4, 0.5) is 0 Å². The molecule has 0 amide bonds. The minimum Gasteiger partial charge on any atom is -0.115 e. The average Bonchev–Trinajstić information content (AvgIpc) is 1.81. The smallest absolute Gasteiger partial charge is 0.115 e. The second kappa shape index (κ2) is 3.86. The quantitative estimate of drug-likeness (QED) is 0.376. The molecule has 0 spiro atoms. The van der Waals surface area contributed by atoms with Gasteiger partial charge >= 0.3 is 0 Å². The minimum atomic E-state index is 1.43. The van der Waals surface area contributed by atoms with Gasteiger partial charge in [-0.1, -0.05) is 11.8 Å². The van der Waals surface area contributed by atoms with E-state index in [0.717, 1.165) is 0 Å². The summed E-state index contributed by atoms with van der Waals surface area (Å²) in [5, 5.41) is 0. The highest BCUT2D eigenvalue weighted by molar-refractivity contribution is 5.19. The summed E-state index contributed by atoms with van der Waals surface area (Å²) in [6.07, 6.45) is 6.67. The topological polar surface area (TPSA) is 0 Å². The third-order valence-electron chi connectivity index (χ3n) is 0.250. The molecule has 0 heteroatoms. The van der Waals surface area contributed by atoms with Gasteiger partial charge in [0.2, 0.25) is 0 Å². The van der Waals surface area contributed by atoms with Crippen molar-refractivity contribution in [2.45, 2.75) is 0 Å². The number of rotatable bonds is 0. The highest BCUT2D eigenvalue weighted by Crippen LogP contribution is 1.59. The van der Waals surface area contributed by atoms with Crippen molar-refractivity contribution >= 4 is 0 Å². The van der Waals surface area contributed by atoms with Gasteiger partial charge in [0.25, 0.3) is 0 Å². The van der Waals surface area contributed by atoms with Crippen LogP contribution in [0.3, 0.4) is 0 Å². The first-order valence-corrected chi connectivity index (χ1v) is 1.41. The second-order valence-electron chi connectivity index (χ2n) is 0.622. The van der Waals surface area contributed by atoms with E-state index in [4.69, 9.17) is 2.74 Å². The van der Waals surface area contributed by atoms with E-state index in [1.165, 1.54) is 12.2 Å². The summed E-state index contributed by atoms with van der Waals surface area (Å²) in [6, 6.07) is 0. The van der Waals surface area contributed by atoms with Crippen LogP contribution >= 0.6 is 0 Å². The molecule has 0 fully saturated rings. The maximum atomic E-state index is 6.33. The van der Waals surface area contributed by atoms with Gasteiger partial charge < -0.3 is 0 Å². The Kier molecular flexibility index (Phi) is 1.36. The summed E-state index contributed by atoms with van der Waals surface area (Å²) < 4.78 is 12.7. The molecular formula is C6H4. The van der Waals surface area contributed by atoms with Gasteiger partial charge in [-0.05, 0) is 12.2 Å². The Hall–Kier alpha value is -1.14. The van der Waals surface area contributed by atoms with Crippen molar-refractivity contribution in [1.82, 2.24) is 0 Å². The van der Waals surface area contributed by atoms with Crippen molar-refractivity contribution in [1.29, 1.82) is 0 Å². The maximum absolute atomic E-state index is 6.33. The zero-order valence-corrected chi connectivity index (χ0v) is 3.15. The van der Waals surface area contributed by atoms with Crippen molar-refractivity contribution in [3.63, 3.8) is 0 Å². The predicted octanol–water partition coefficient (Wildman–Crippen LogP) is 0.809. The van der Waals surface area contributed by atoms with Crippen molar-refractivity contribution in [3.8, 4) is 24.6 Å². The van der Waals surface area contributed by atoms with E-state index >= 15 is 0 Å². The summed E-state index contributed by atoms with van der Waals surface area (Å²) in [6.45, 7) is 0. The lowest BCUT2D eigenvalue weighted by Gasteiger charge is -1.53. The molecule has 0 aliphatic carbocycles. The van der Waals surface area contributed by atoms with E-state index < -0.39 is 0 Å². The Morgan fingerprint density at radius 2 is 1.83 bits per heavy atom. The van der Waals surface area contributed by atoms with Crippen molar-refractivity contribution in [2.75, 3.05) is 0 Å². The van der Waals surface area contributed by atoms with Gasteiger partial charge in [0.15, 0.2) is 0 Å². The molecule has 0 radical (unpaired) electrons. The lowest BCUT2D eigenvalue weighted by molar-refractivity contribution is 2.16. The molecule has 6 heavy (non-hydrogen) atoms. The van der Waals surface area contributed by atoms with E-state index in [2.05, 4.69) is 11.8 Å². The first kappa shape index (κ1) is 2.11. The molecule has 0 saturated carbocycles. The average molecular weight is 78.1 g/mol. The van der Waals surface area contributed by atoms with E-state index in [0.29, 0.717) is 0 Å². The van der Waals surface area contributed by atoms with Crippen LogP contribution in [0.1, 0.15) is 2.74 Å². The van der Waals surface area contributed by atoms with Crippen molar-refractivity contribution in [3.05, 3.63) is 12.2 Å². The molecule has 0 N–H and O–H groups in total. The van der Waals surface area contributed by atoms with Crippen LogP contribution in [-0.2, 0) is 0 Å². The van der Waals surface area contributed by atoms with E-state index in [9.17, 15) is 0 Å². The third kappa shape index (κ3) is 2.86. The van der Waals surface area contributed by atoms with Crippen LogP contribution in [0.15, 0.2) is 12.2 Å². The number of hydrogen-bond acceptors (Lipinski definition) is 0. The van der Waals surface area contributed by atoms with Gasteiger partial charge in [-0.3, -0.25) is 0 Å². The van der Waals surface area contributed by atoms with Gasteiger partial charge in [-0.15, -0.1) is 12.8 Å². The summed E-state index contributed by atoms with van der Waals surface area (Å²) in [7, 11) is 0. The number of hydrogen-bond donors (Lipinski definition) is 0. The van der Waals surface area contributed by atoms with Gasteiger partial charge in [0, 0.05) is 0 Å².